The number of carbonyl (C=O) groups is 2. The standard InChI is InChI=1S/C12H22N4O3/c17-10(18)12(2-1-3-12)15-11(19)14-6-9-16-7-4-13-5-8-16/h13H,1-9H2,(H,17,18)(H2,14,15,19). The van der Waals surface area contributed by atoms with E-state index >= 15 is 0 Å². The third kappa shape index (κ3) is 3.57. The van der Waals surface area contributed by atoms with E-state index in [2.05, 4.69) is 20.9 Å². The van der Waals surface area contributed by atoms with E-state index in [0.717, 1.165) is 39.1 Å². The van der Waals surface area contributed by atoms with Gasteiger partial charge in [-0.15, -0.1) is 0 Å². The molecule has 4 N–H and O–H groups in total. The van der Waals surface area contributed by atoms with Crippen LogP contribution in [0.3, 0.4) is 0 Å². The van der Waals surface area contributed by atoms with Crippen LogP contribution in [0.1, 0.15) is 19.3 Å². The summed E-state index contributed by atoms with van der Waals surface area (Å²) in [4.78, 5) is 25.1. The molecular formula is C12H22N4O3. The number of hydrogen-bond acceptors (Lipinski definition) is 4. The highest BCUT2D eigenvalue weighted by Crippen LogP contribution is 2.31. The Kier molecular flexibility index (Phi) is 4.60. The SMILES string of the molecule is O=C(NCCN1CCNCC1)NC1(C(=O)O)CCC1. The van der Waals surface area contributed by atoms with Gasteiger partial charge in [-0.25, -0.2) is 9.59 Å². The van der Waals surface area contributed by atoms with E-state index in [1.807, 2.05) is 0 Å². The number of carboxylic acids is 1. The van der Waals surface area contributed by atoms with Crippen LogP contribution in [0.2, 0.25) is 0 Å². The van der Waals surface area contributed by atoms with Gasteiger partial charge in [-0.1, -0.05) is 0 Å². The van der Waals surface area contributed by atoms with Crippen molar-refractivity contribution in [3.8, 4) is 0 Å². The first-order valence-electron chi connectivity index (χ1n) is 6.85. The quantitative estimate of drug-likeness (QED) is 0.525. The molecule has 0 radical (unpaired) electrons. The van der Waals surface area contributed by atoms with Crippen molar-refractivity contribution in [2.24, 2.45) is 0 Å². The average molecular weight is 270 g/mol. The van der Waals surface area contributed by atoms with E-state index in [4.69, 9.17) is 5.11 Å². The number of hydrogen-bond donors (Lipinski definition) is 4. The Balaban J connectivity index is 1.65. The summed E-state index contributed by atoms with van der Waals surface area (Å²) >= 11 is 0. The maximum absolute atomic E-state index is 11.7. The van der Waals surface area contributed by atoms with Crippen molar-refractivity contribution < 1.29 is 14.7 Å². The summed E-state index contributed by atoms with van der Waals surface area (Å²) < 4.78 is 0. The number of aliphatic carboxylic acids is 1. The van der Waals surface area contributed by atoms with Crippen molar-refractivity contribution in [2.45, 2.75) is 24.8 Å². The number of carboxylic acid groups (broad SMARTS) is 1. The Labute approximate surface area is 112 Å². The van der Waals surface area contributed by atoms with Crippen LogP contribution in [0.4, 0.5) is 4.79 Å². The Morgan fingerprint density at radius 2 is 1.95 bits per heavy atom. The van der Waals surface area contributed by atoms with Crippen molar-refractivity contribution in [3.63, 3.8) is 0 Å². The van der Waals surface area contributed by atoms with Crippen LogP contribution < -0.4 is 16.0 Å². The Hall–Kier alpha value is -1.34. The molecule has 2 amide bonds. The molecule has 7 heteroatoms. The van der Waals surface area contributed by atoms with Gasteiger partial charge in [0.15, 0.2) is 0 Å². The minimum absolute atomic E-state index is 0.378. The second-order valence-corrected chi connectivity index (χ2v) is 5.21. The first-order chi connectivity index (χ1) is 9.12. The lowest BCUT2D eigenvalue weighted by atomic mass is 9.77. The molecule has 2 aliphatic rings. The zero-order chi connectivity index (χ0) is 13.7. The second kappa shape index (κ2) is 6.21. The molecule has 0 aromatic heterocycles. The summed E-state index contributed by atoms with van der Waals surface area (Å²) in [6, 6.07) is -0.378. The van der Waals surface area contributed by atoms with Crippen molar-refractivity contribution in [1.82, 2.24) is 20.9 Å². The highest BCUT2D eigenvalue weighted by atomic mass is 16.4. The minimum Gasteiger partial charge on any atom is -0.480 e. The third-order valence-electron chi connectivity index (χ3n) is 3.89. The largest absolute Gasteiger partial charge is 0.480 e. The molecule has 7 nitrogen and oxygen atoms in total. The van der Waals surface area contributed by atoms with Gasteiger partial charge in [-0.05, 0) is 19.3 Å². The van der Waals surface area contributed by atoms with Crippen molar-refractivity contribution in [3.05, 3.63) is 0 Å². The molecule has 1 saturated carbocycles. The average Bonchev–Trinajstić information content (AvgIpc) is 2.34. The summed E-state index contributed by atoms with van der Waals surface area (Å²) in [7, 11) is 0. The van der Waals surface area contributed by atoms with Gasteiger partial charge in [0.2, 0.25) is 0 Å². The summed E-state index contributed by atoms with van der Waals surface area (Å²) in [5.41, 5.74) is -1.03. The van der Waals surface area contributed by atoms with Gasteiger partial charge in [0.05, 0.1) is 0 Å². The molecule has 19 heavy (non-hydrogen) atoms. The molecule has 0 aromatic carbocycles. The van der Waals surface area contributed by atoms with Crippen LogP contribution in [0.15, 0.2) is 0 Å². The molecule has 1 heterocycles. The zero-order valence-corrected chi connectivity index (χ0v) is 11.1. The van der Waals surface area contributed by atoms with E-state index in [9.17, 15) is 9.59 Å². The molecule has 0 bridgehead atoms. The van der Waals surface area contributed by atoms with Crippen LogP contribution in [-0.4, -0.2) is 66.8 Å². The maximum atomic E-state index is 11.7. The summed E-state index contributed by atoms with van der Waals surface area (Å²) in [5, 5.41) is 17.7. The number of carbonyl (C=O) groups excluding carboxylic acids is 1. The predicted octanol–water partition coefficient (Wildman–Crippen LogP) is -0.802. The van der Waals surface area contributed by atoms with Crippen LogP contribution in [0, 0.1) is 0 Å². The van der Waals surface area contributed by atoms with Gasteiger partial charge in [0, 0.05) is 39.3 Å². The fourth-order valence-corrected chi connectivity index (χ4v) is 2.45. The highest BCUT2D eigenvalue weighted by Gasteiger charge is 2.45. The third-order valence-corrected chi connectivity index (χ3v) is 3.89. The van der Waals surface area contributed by atoms with Crippen LogP contribution in [0.25, 0.3) is 0 Å². The highest BCUT2D eigenvalue weighted by molar-refractivity contribution is 5.87. The van der Waals surface area contributed by atoms with Gasteiger partial charge in [0.1, 0.15) is 5.54 Å². The topological polar surface area (TPSA) is 93.7 Å². The second-order valence-electron chi connectivity index (χ2n) is 5.21. The molecule has 1 saturated heterocycles. The lowest BCUT2D eigenvalue weighted by molar-refractivity contribution is -0.148. The Bertz CT molecular complexity index is 338. The van der Waals surface area contributed by atoms with Gasteiger partial charge in [0.25, 0.3) is 0 Å². The molecule has 0 spiro atoms. The number of nitrogens with one attached hydrogen (secondary N) is 3. The Morgan fingerprint density at radius 1 is 1.26 bits per heavy atom. The number of rotatable bonds is 5. The van der Waals surface area contributed by atoms with E-state index in [-0.39, 0.29) is 6.03 Å². The van der Waals surface area contributed by atoms with E-state index in [1.165, 1.54) is 0 Å². The number of piperazine rings is 1. The smallest absolute Gasteiger partial charge is 0.329 e. The van der Waals surface area contributed by atoms with Gasteiger partial charge < -0.3 is 21.1 Å². The summed E-state index contributed by atoms with van der Waals surface area (Å²) in [5.74, 6) is -0.934. The molecule has 108 valence electrons. The van der Waals surface area contributed by atoms with E-state index in [1.54, 1.807) is 0 Å². The number of amides is 2. The molecule has 0 unspecified atom stereocenters. The van der Waals surface area contributed by atoms with Crippen LogP contribution in [0.5, 0.6) is 0 Å². The zero-order valence-electron chi connectivity index (χ0n) is 11.1. The van der Waals surface area contributed by atoms with Crippen LogP contribution >= 0.6 is 0 Å². The fraction of sp³-hybridized carbons (Fsp3) is 0.833. The van der Waals surface area contributed by atoms with Crippen molar-refractivity contribution in [1.29, 1.82) is 0 Å². The monoisotopic (exact) mass is 270 g/mol. The normalized spacial score (nSPS) is 22.3. The van der Waals surface area contributed by atoms with Gasteiger partial charge in [-0.2, -0.15) is 0 Å². The first-order valence-corrected chi connectivity index (χ1v) is 6.85. The van der Waals surface area contributed by atoms with Gasteiger partial charge >= 0.3 is 12.0 Å². The van der Waals surface area contributed by atoms with Gasteiger partial charge in [-0.3, -0.25) is 4.90 Å². The minimum atomic E-state index is -1.03. The summed E-state index contributed by atoms with van der Waals surface area (Å²) in [6.07, 6.45) is 1.90. The van der Waals surface area contributed by atoms with Crippen LogP contribution in [-0.2, 0) is 4.79 Å². The predicted molar refractivity (Wildman–Crippen MR) is 70.1 cm³/mol. The number of nitrogens with zero attached hydrogens (tertiary/aromatic N) is 1. The van der Waals surface area contributed by atoms with E-state index in [0.29, 0.717) is 19.4 Å². The molecule has 0 aromatic rings. The molecule has 1 aliphatic heterocycles. The lowest BCUT2D eigenvalue weighted by Crippen LogP contribution is -2.61. The molecular weight excluding hydrogens is 248 g/mol. The summed E-state index contributed by atoms with van der Waals surface area (Å²) in [6.45, 7) is 5.28. The Morgan fingerprint density at radius 3 is 2.47 bits per heavy atom. The molecule has 2 fully saturated rings. The molecule has 1 aliphatic carbocycles. The van der Waals surface area contributed by atoms with E-state index < -0.39 is 11.5 Å². The molecule has 2 rings (SSSR count). The molecule has 0 atom stereocenters. The van der Waals surface area contributed by atoms with Crippen molar-refractivity contribution in [2.75, 3.05) is 39.3 Å². The fourth-order valence-electron chi connectivity index (χ4n) is 2.45. The lowest BCUT2D eigenvalue weighted by Gasteiger charge is -2.38. The maximum Gasteiger partial charge on any atom is 0.329 e. The number of urea groups is 1. The van der Waals surface area contributed by atoms with Crippen molar-refractivity contribution >= 4 is 12.0 Å². The first kappa shape index (κ1) is 14.1.